The Hall–Kier alpha value is -3.30. The average Bonchev–Trinajstić information content (AvgIpc) is 3.01. The van der Waals surface area contributed by atoms with E-state index in [0.29, 0.717) is 24.6 Å². The zero-order valence-corrected chi connectivity index (χ0v) is 25.1. The van der Waals surface area contributed by atoms with Gasteiger partial charge in [-0.2, -0.15) is 0 Å². The molecule has 2 aliphatic rings. The third kappa shape index (κ3) is 8.38. The van der Waals surface area contributed by atoms with E-state index in [1.807, 2.05) is 24.3 Å². The molecule has 2 atom stereocenters. The molecule has 0 spiro atoms. The number of aliphatic hydroxyl groups is 2. The third-order valence-electron chi connectivity index (χ3n) is 8.30. The number of nitrogens with zero attached hydrogens (tertiary/aromatic N) is 4. The SMILES string of the molecule is Cc1ccccc1N1CCN(C[C@H](O)COc2ccc(OC[C@@H](O)CN3CCN(c4ccccc4C)CC3)cc2)CC1. The van der Waals surface area contributed by atoms with Crippen LogP contribution in [-0.4, -0.2) is 111 Å². The number of hydrogen-bond acceptors (Lipinski definition) is 8. The van der Waals surface area contributed by atoms with Crippen molar-refractivity contribution in [1.82, 2.24) is 9.80 Å². The van der Waals surface area contributed by atoms with Crippen LogP contribution in [0.15, 0.2) is 72.8 Å². The molecule has 0 aromatic heterocycles. The maximum absolute atomic E-state index is 10.6. The van der Waals surface area contributed by atoms with Gasteiger partial charge < -0.3 is 29.5 Å². The maximum Gasteiger partial charge on any atom is 0.119 e. The number of aryl methyl sites for hydroxylation is 2. The Labute approximate surface area is 250 Å². The molecule has 2 heterocycles. The van der Waals surface area contributed by atoms with Crippen LogP contribution in [0.4, 0.5) is 11.4 Å². The monoisotopic (exact) mass is 574 g/mol. The first kappa shape index (κ1) is 30.2. The van der Waals surface area contributed by atoms with Crippen LogP contribution >= 0.6 is 0 Å². The molecule has 226 valence electrons. The molecule has 0 bridgehead atoms. The summed E-state index contributed by atoms with van der Waals surface area (Å²) in [6.45, 7) is 13.5. The van der Waals surface area contributed by atoms with E-state index < -0.39 is 12.2 Å². The molecule has 8 nitrogen and oxygen atoms in total. The molecule has 0 saturated carbocycles. The second-order valence-corrected chi connectivity index (χ2v) is 11.5. The number of piperazine rings is 2. The Morgan fingerprint density at radius 3 is 1.26 bits per heavy atom. The van der Waals surface area contributed by atoms with Crippen LogP contribution in [0.25, 0.3) is 0 Å². The molecule has 3 aromatic carbocycles. The standard InChI is InChI=1S/C34H46N4O4/c1-27-7-3-5-9-33(27)37-19-15-35(16-20-37)23-29(39)25-41-31-11-13-32(14-12-31)42-26-30(40)24-36-17-21-38(22-18-36)34-10-6-4-8-28(34)2/h3-14,29-30,39-40H,15-26H2,1-2H3/t29-,30-/m0/s1. The largest absolute Gasteiger partial charge is 0.491 e. The fourth-order valence-electron chi connectivity index (χ4n) is 5.90. The van der Waals surface area contributed by atoms with E-state index in [0.717, 1.165) is 52.4 Å². The Morgan fingerprint density at radius 1 is 0.548 bits per heavy atom. The van der Waals surface area contributed by atoms with Crippen molar-refractivity contribution in [2.75, 3.05) is 88.5 Å². The van der Waals surface area contributed by atoms with Crippen molar-refractivity contribution in [1.29, 1.82) is 0 Å². The van der Waals surface area contributed by atoms with Gasteiger partial charge in [0.05, 0.1) is 0 Å². The van der Waals surface area contributed by atoms with Gasteiger partial charge in [-0.25, -0.2) is 0 Å². The highest BCUT2D eigenvalue weighted by Crippen LogP contribution is 2.23. The molecule has 0 radical (unpaired) electrons. The summed E-state index contributed by atoms with van der Waals surface area (Å²) in [6, 6.07) is 24.4. The number of anilines is 2. The fraction of sp³-hybridized carbons (Fsp3) is 0.471. The van der Waals surface area contributed by atoms with Crippen LogP contribution in [0.2, 0.25) is 0 Å². The zero-order valence-electron chi connectivity index (χ0n) is 25.1. The number of para-hydroxylation sites is 2. The number of benzene rings is 3. The van der Waals surface area contributed by atoms with Crippen molar-refractivity contribution in [3.05, 3.63) is 83.9 Å². The molecule has 3 aromatic rings. The van der Waals surface area contributed by atoms with Gasteiger partial charge in [-0.15, -0.1) is 0 Å². The highest BCUT2D eigenvalue weighted by atomic mass is 16.5. The van der Waals surface area contributed by atoms with Crippen molar-refractivity contribution in [3.8, 4) is 11.5 Å². The van der Waals surface area contributed by atoms with Gasteiger partial charge in [0.1, 0.15) is 36.9 Å². The summed E-state index contributed by atoms with van der Waals surface area (Å²) in [4.78, 5) is 9.45. The fourth-order valence-corrected chi connectivity index (χ4v) is 5.90. The molecule has 2 fully saturated rings. The quantitative estimate of drug-likeness (QED) is 0.341. The molecule has 8 heteroatoms. The van der Waals surface area contributed by atoms with Gasteiger partial charge in [0.15, 0.2) is 0 Å². The van der Waals surface area contributed by atoms with Gasteiger partial charge in [-0.1, -0.05) is 36.4 Å². The smallest absolute Gasteiger partial charge is 0.119 e. The number of ether oxygens (including phenoxy) is 2. The summed E-state index contributed by atoms with van der Waals surface area (Å²) in [5.74, 6) is 1.38. The maximum atomic E-state index is 10.6. The normalized spacial score (nSPS) is 18.1. The second-order valence-electron chi connectivity index (χ2n) is 11.5. The lowest BCUT2D eigenvalue weighted by molar-refractivity contribution is 0.0650. The van der Waals surface area contributed by atoms with Gasteiger partial charge in [0, 0.05) is 76.8 Å². The molecule has 2 N–H and O–H groups in total. The number of β-amino-alcohol motifs (C(OH)–C–C–N with tert-alkyl or cyclic N) is 2. The highest BCUT2D eigenvalue weighted by Gasteiger charge is 2.22. The van der Waals surface area contributed by atoms with Gasteiger partial charge in [-0.05, 0) is 61.4 Å². The molecule has 0 unspecified atom stereocenters. The molecule has 5 rings (SSSR count). The van der Waals surface area contributed by atoms with E-state index in [4.69, 9.17) is 9.47 Å². The average molecular weight is 575 g/mol. The van der Waals surface area contributed by atoms with Crippen molar-refractivity contribution >= 4 is 11.4 Å². The minimum atomic E-state index is -0.556. The lowest BCUT2D eigenvalue weighted by Gasteiger charge is -2.37. The summed E-state index contributed by atoms with van der Waals surface area (Å²) in [6.07, 6.45) is -1.11. The number of aliphatic hydroxyl groups excluding tert-OH is 2. The van der Waals surface area contributed by atoms with Crippen molar-refractivity contribution < 1.29 is 19.7 Å². The minimum absolute atomic E-state index is 0.244. The van der Waals surface area contributed by atoms with E-state index in [-0.39, 0.29) is 13.2 Å². The van der Waals surface area contributed by atoms with Gasteiger partial charge in [-0.3, -0.25) is 9.80 Å². The van der Waals surface area contributed by atoms with Crippen LogP contribution in [0.5, 0.6) is 11.5 Å². The first-order valence-electron chi connectivity index (χ1n) is 15.2. The van der Waals surface area contributed by atoms with Crippen LogP contribution in [-0.2, 0) is 0 Å². The van der Waals surface area contributed by atoms with Crippen molar-refractivity contribution in [2.45, 2.75) is 26.1 Å². The molecule has 2 saturated heterocycles. The molecular weight excluding hydrogens is 528 g/mol. The third-order valence-corrected chi connectivity index (χ3v) is 8.30. The molecule has 0 aliphatic carbocycles. The van der Waals surface area contributed by atoms with Gasteiger partial charge in [0.25, 0.3) is 0 Å². The van der Waals surface area contributed by atoms with E-state index in [1.165, 1.54) is 22.5 Å². The van der Waals surface area contributed by atoms with Crippen LogP contribution in [0, 0.1) is 13.8 Å². The molecular formula is C34H46N4O4. The summed E-state index contributed by atoms with van der Waals surface area (Å²) >= 11 is 0. The van der Waals surface area contributed by atoms with Crippen molar-refractivity contribution in [2.24, 2.45) is 0 Å². The number of hydrogen-bond donors (Lipinski definition) is 2. The second kappa shape index (κ2) is 14.7. The lowest BCUT2D eigenvalue weighted by Crippen LogP contribution is -2.49. The van der Waals surface area contributed by atoms with Gasteiger partial charge >= 0.3 is 0 Å². The lowest BCUT2D eigenvalue weighted by atomic mass is 10.1. The van der Waals surface area contributed by atoms with E-state index in [2.05, 4.69) is 82.0 Å². The predicted molar refractivity (Wildman–Crippen MR) is 169 cm³/mol. The zero-order chi connectivity index (χ0) is 29.3. The van der Waals surface area contributed by atoms with Crippen LogP contribution in [0.3, 0.4) is 0 Å². The Morgan fingerprint density at radius 2 is 0.905 bits per heavy atom. The van der Waals surface area contributed by atoms with E-state index in [9.17, 15) is 10.2 Å². The molecule has 0 amide bonds. The minimum Gasteiger partial charge on any atom is -0.491 e. The molecule has 2 aliphatic heterocycles. The summed E-state index contributed by atoms with van der Waals surface area (Å²) in [5, 5.41) is 21.1. The number of rotatable bonds is 12. The summed E-state index contributed by atoms with van der Waals surface area (Å²) in [5.41, 5.74) is 5.21. The Bertz CT molecular complexity index is 1140. The first-order valence-corrected chi connectivity index (χ1v) is 15.2. The molecule has 42 heavy (non-hydrogen) atoms. The topological polar surface area (TPSA) is 71.9 Å². The Balaban J connectivity index is 0.960. The van der Waals surface area contributed by atoms with E-state index in [1.54, 1.807) is 0 Å². The Kier molecular flexibility index (Phi) is 10.6. The van der Waals surface area contributed by atoms with Crippen molar-refractivity contribution in [3.63, 3.8) is 0 Å². The van der Waals surface area contributed by atoms with Gasteiger partial charge in [0.2, 0.25) is 0 Å². The van der Waals surface area contributed by atoms with Crippen LogP contribution < -0.4 is 19.3 Å². The predicted octanol–water partition coefficient (Wildman–Crippen LogP) is 3.43. The summed E-state index contributed by atoms with van der Waals surface area (Å²) in [7, 11) is 0. The van der Waals surface area contributed by atoms with E-state index >= 15 is 0 Å². The first-order chi connectivity index (χ1) is 20.4. The van der Waals surface area contributed by atoms with Crippen LogP contribution in [0.1, 0.15) is 11.1 Å². The highest BCUT2D eigenvalue weighted by molar-refractivity contribution is 5.54. The summed E-state index contributed by atoms with van der Waals surface area (Å²) < 4.78 is 11.7.